The maximum Gasteiger partial charge on any atom is 0.332 e. The van der Waals surface area contributed by atoms with Gasteiger partial charge in [-0.1, -0.05) is 11.3 Å². The number of methoxy groups -OCH3 is 1. The quantitative estimate of drug-likeness (QED) is 0.273. The number of carbonyl (C=O) groups excluding carboxylic acids is 1. The van der Waals surface area contributed by atoms with Crippen LogP contribution >= 0.6 is 11.3 Å². The molecule has 41 heavy (non-hydrogen) atoms. The lowest BCUT2D eigenvalue weighted by Gasteiger charge is -2.28. The molecule has 1 fully saturated rings. The highest BCUT2D eigenvalue weighted by atomic mass is 32.1. The third kappa shape index (κ3) is 5.42. The van der Waals surface area contributed by atoms with E-state index in [-0.39, 0.29) is 31.2 Å². The Morgan fingerprint density at radius 2 is 2.00 bits per heavy atom. The van der Waals surface area contributed by atoms with Crippen molar-refractivity contribution in [2.45, 2.75) is 57.8 Å². The molecule has 14 heteroatoms. The van der Waals surface area contributed by atoms with E-state index in [4.69, 9.17) is 9.47 Å². The maximum atomic E-state index is 14.4. The van der Waals surface area contributed by atoms with Crippen molar-refractivity contribution in [1.29, 1.82) is 0 Å². The molecule has 3 aromatic heterocycles. The molecule has 4 aromatic rings. The summed E-state index contributed by atoms with van der Waals surface area (Å²) in [5, 5.41) is 21.5. The number of carbonyl (C=O) groups is 1. The predicted molar refractivity (Wildman–Crippen MR) is 149 cm³/mol. The number of thiophene rings is 1. The van der Waals surface area contributed by atoms with Gasteiger partial charge in [0.1, 0.15) is 33.5 Å². The molecule has 12 nitrogen and oxygen atoms in total. The molecular formula is C27H31FN6O6S. The molecule has 1 aliphatic rings. The first-order chi connectivity index (χ1) is 19.7. The van der Waals surface area contributed by atoms with Crippen LogP contribution in [-0.2, 0) is 16.1 Å². The van der Waals surface area contributed by atoms with E-state index < -0.39 is 35.1 Å². The van der Waals surface area contributed by atoms with Crippen LogP contribution in [0.5, 0.6) is 5.75 Å². The Hall–Kier alpha value is -3.88. The Bertz CT molecular complexity index is 1680. The number of ether oxygens (including phenoxy) is 2. The van der Waals surface area contributed by atoms with Crippen molar-refractivity contribution in [1.82, 2.24) is 29.4 Å². The van der Waals surface area contributed by atoms with Gasteiger partial charge in [-0.05, 0) is 51.3 Å². The van der Waals surface area contributed by atoms with E-state index in [0.717, 1.165) is 35.2 Å². The minimum atomic E-state index is -1.10. The molecule has 1 aliphatic carbocycles. The van der Waals surface area contributed by atoms with Crippen LogP contribution in [0.3, 0.4) is 0 Å². The molecule has 1 aromatic carbocycles. The molecule has 1 amide bonds. The summed E-state index contributed by atoms with van der Waals surface area (Å²) in [6.45, 7) is 2.66. The smallest absolute Gasteiger partial charge is 0.332 e. The van der Waals surface area contributed by atoms with E-state index in [0.29, 0.717) is 26.7 Å². The van der Waals surface area contributed by atoms with Crippen LogP contribution in [0, 0.1) is 12.7 Å². The molecule has 0 radical (unpaired) electrons. The third-order valence-corrected chi connectivity index (χ3v) is 8.61. The van der Waals surface area contributed by atoms with Crippen molar-refractivity contribution < 1.29 is 23.8 Å². The standard InChI is InChI=1S/C27H31FN6O6S/c1-15-22-24(37)33(16(2)23(36)31-18-5-4-6-18)27(38)32(26(22)41-25(15)34-29-9-10-30-34)14-21(40-12-11-35)19-13-17(28)7-8-20(19)39-3/h7-10,13,16,18,21,35H,4-6,11-12,14H2,1-3H3,(H,31,36)/t16-,21-/m0/s1. The number of aliphatic hydroxyl groups is 1. The number of halogens is 1. The second-order valence-electron chi connectivity index (χ2n) is 9.88. The Kier molecular flexibility index (Phi) is 8.33. The van der Waals surface area contributed by atoms with Crippen molar-refractivity contribution in [3.05, 3.63) is 68.4 Å². The summed E-state index contributed by atoms with van der Waals surface area (Å²) in [6, 6.07) is 2.85. The molecule has 5 rings (SSSR count). The minimum Gasteiger partial charge on any atom is -0.496 e. The van der Waals surface area contributed by atoms with E-state index in [9.17, 15) is 23.9 Å². The normalized spacial score (nSPS) is 15.0. The molecule has 0 bridgehead atoms. The average molecular weight is 587 g/mol. The SMILES string of the molecule is COc1ccc(F)cc1[C@H](Cn1c(=O)n([C@@H](C)C(=O)NC2CCC2)c(=O)c2c(C)c(-n3nccn3)sc21)OCCO. The Morgan fingerprint density at radius 1 is 1.27 bits per heavy atom. The lowest BCUT2D eigenvalue weighted by atomic mass is 9.93. The highest BCUT2D eigenvalue weighted by Gasteiger charge is 2.30. The molecule has 2 N–H and O–H groups in total. The zero-order valence-electron chi connectivity index (χ0n) is 22.9. The fourth-order valence-corrected chi connectivity index (χ4v) is 6.14. The summed E-state index contributed by atoms with van der Waals surface area (Å²) in [7, 11) is 1.43. The van der Waals surface area contributed by atoms with Gasteiger partial charge in [0, 0.05) is 17.2 Å². The van der Waals surface area contributed by atoms with Crippen molar-refractivity contribution in [2.75, 3.05) is 20.3 Å². The second kappa shape index (κ2) is 11.9. The van der Waals surface area contributed by atoms with Gasteiger partial charge >= 0.3 is 5.69 Å². The first-order valence-electron chi connectivity index (χ1n) is 13.3. The van der Waals surface area contributed by atoms with Crippen molar-refractivity contribution >= 4 is 27.5 Å². The highest BCUT2D eigenvalue weighted by Crippen LogP contribution is 2.34. The Balaban J connectivity index is 1.71. The van der Waals surface area contributed by atoms with Crippen LogP contribution in [0.4, 0.5) is 4.39 Å². The number of aryl methyl sites for hydroxylation is 1. The second-order valence-corrected chi connectivity index (χ2v) is 10.9. The average Bonchev–Trinajstić information content (AvgIpc) is 3.58. The van der Waals surface area contributed by atoms with E-state index in [2.05, 4.69) is 15.5 Å². The lowest BCUT2D eigenvalue weighted by molar-refractivity contribution is -0.125. The fourth-order valence-electron chi connectivity index (χ4n) is 4.92. The molecule has 0 saturated heterocycles. The van der Waals surface area contributed by atoms with Gasteiger partial charge in [-0.2, -0.15) is 10.2 Å². The molecule has 0 aliphatic heterocycles. The number of benzene rings is 1. The number of hydrogen-bond donors (Lipinski definition) is 2. The largest absolute Gasteiger partial charge is 0.496 e. The zero-order chi connectivity index (χ0) is 29.3. The van der Waals surface area contributed by atoms with Crippen molar-refractivity contribution in [3.8, 4) is 10.8 Å². The van der Waals surface area contributed by atoms with Gasteiger partial charge in [-0.15, -0.1) is 4.80 Å². The van der Waals surface area contributed by atoms with E-state index >= 15 is 0 Å². The summed E-state index contributed by atoms with van der Waals surface area (Å²) in [5.74, 6) is -0.647. The van der Waals surface area contributed by atoms with Crippen molar-refractivity contribution in [3.63, 3.8) is 0 Å². The summed E-state index contributed by atoms with van der Waals surface area (Å²) in [4.78, 5) is 42.8. The maximum absolute atomic E-state index is 14.4. The molecule has 0 spiro atoms. The molecule has 3 heterocycles. The third-order valence-electron chi connectivity index (χ3n) is 7.33. The number of aromatic nitrogens is 5. The predicted octanol–water partition coefficient (Wildman–Crippen LogP) is 2.24. The molecule has 1 saturated carbocycles. The van der Waals surface area contributed by atoms with Gasteiger partial charge in [0.2, 0.25) is 5.91 Å². The number of nitrogens with zero attached hydrogens (tertiary/aromatic N) is 5. The number of amides is 1. The lowest BCUT2D eigenvalue weighted by Crippen LogP contribution is -2.49. The molecular weight excluding hydrogens is 555 g/mol. The minimum absolute atomic E-state index is 0.0173. The van der Waals surface area contributed by atoms with Gasteiger partial charge in [0.05, 0.1) is 44.6 Å². The monoisotopic (exact) mass is 586 g/mol. The van der Waals surface area contributed by atoms with E-state index in [1.807, 2.05) is 0 Å². The zero-order valence-corrected chi connectivity index (χ0v) is 23.7. The number of rotatable bonds is 11. The van der Waals surface area contributed by atoms with Gasteiger partial charge < -0.3 is 19.9 Å². The van der Waals surface area contributed by atoms with Crippen molar-refractivity contribution in [2.24, 2.45) is 0 Å². The van der Waals surface area contributed by atoms with Gasteiger partial charge in [0.15, 0.2) is 0 Å². The van der Waals surface area contributed by atoms with Crippen LogP contribution in [0.1, 0.15) is 49.5 Å². The number of fused-ring (bicyclic) bond motifs is 1. The van der Waals surface area contributed by atoms with Gasteiger partial charge in [0.25, 0.3) is 5.56 Å². The summed E-state index contributed by atoms with van der Waals surface area (Å²) in [5.41, 5.74) is -0.484. The first-order valence-corrected chi connectivity index (χ1v) is 14.1. The van der Waals surface area contributed by atoms with Gasteiger partial charge in [-0.25, -0.2) is 13.8 Å². The first kappa shape index (κ1) is 28.6. The van der Waals surface area contributed by atoms with Crippen LogP contribution in [0.15, 0.2) is 40.2 Å². The highest BCUT2D eigenvalue weighted by molar-refractivity contribution is 7.21. The Morgan fingerprint density at radius 3 is 2.63 bits per heavy atom. The number of aliphatic hydroxyl groups excluding tert-OH is 1. The Labute approximate surface area is 237 Å². The number of nitrogens with one attached hydrogen (secondary N) is 1. The molecule has 2 atom stereocenters. The van der Waals surface area contributed by atoms with E-state index in [1.54, 1.807) is 6.92 Å². The van der Waals surface area contributed by atoms with Crippen LogP contribution in [-0.4, -0.2) is 61.5 Å². The summed E-state index contributed by atoms with van der Waals surface area (Å²) >= 11 is 1.14. The van der Waals surface area contributed by atoms with Gasteiger partial charge in [-0.3, -0.25) is 14.2 Å². The van der Waals surface area contributed by atoms with Crippen LogP contribution < -0.4 is 21.3 Å². The number of hydrogen-bond acceptors (Lipinski definition) is 9. The van der Waals surface area contributed by atoms with Crippen LogP contribution in [0.25, 0.3) is 15.2 Å². The summed E-state index contributed by atoms with van der Waals surface area (Å²) < 4.78 is 28.0. The molecule has 218 valence electrons. The fraction of sp³-hybridized carbons (Fsp3) is 0.444. The topological polar surface area (TPSA) is 142 Å². The molecule has 0 unspecified atom stereocenters. The summed E-state index contributed by atoms with van der Waals surface area (Å²) in [6.07, 6.45) is 4.75. The van der Waals surface area contributed by atoms with Crippen LogP contribution in [0.2, 0.25) is 0 Å². The van der Waals surface area contributed by atoms with E-state index in [1.165, 1.54) is 54.0 Å².